The van der Waals surface area contributed by atoms with E-state index in [0.29, 0.717) is 22.5 Å². The Hall–Kier alpha value is -2.35. The minimum Gasteiger partial charge on any atom is -0.338 e. The number of halogens is 3. The van der Waals surface area contributed by atoms with Gasteiger partial charge in [-0.25, -0.2) is 4.98 Å². The number of alkyl halides is 3. The molecule has 8 heteroatoms. The number of hydrogen-bond donors (Lipinski definition) is 0. The molecule has 0 spiro atoms. The summed E-state index contributed by atoms with van der Waals surface area (Å²) in [6.07, 6.45) is -3.57. The van der Waals surface area contributed by atoms with E-state index in [2.05, 4.69) is 15.1 Å². The normalized spacial score (nSPS) is 11.6. The molecule has 4 nitrogen and oxygen atoms in total. The second-order valence-electron chi connectivity index (χ2n) is 4.55. The Kier molecular flexibility index (Phi) is 4.33. The van der Waals surface area contributed by atoms with Gasteiger partial charge in [-0.15, -0.1) is 0 Å². The molecule has 0 unspecified atom stereocenters. The molecule has 0 radical (unpaired) electrons. The highest BCUT2D eigenvalue weighted by atomic mass is 32.2. The monoisotopic (exact) mass is 337 g/mol. The van der Waals surface area contributed by atoms with Gasteiger partial charge in [0.1, 0.15) is 0 Å². The van der Waals surface area contributed by atoms with Gasteiger partial charge in [0, 0.05) is 11.8 Å². The molecule has 23 heavy (non-hydrogen) atoms. The van der Waals surface area contributed by atoms with Crippen LogP contribution in [0.15, 0.2) is 58.2 Å². The Morgan fingerprint density at radius 3 is 2.48 bits per heavy atom. The van der Waals surface area contributed by atoms with Gasteiger partial charge < -0.3 is 4.52 Å². The van der Waals surface area contributed by atoms with Gasteiger partial charge in [0.05, 0.1) is 16.3 Å². The Bertz CT molecular complexity index is 773. The van der Waals surface area contributed by atoms with Gasteiger partial charge in [0.2, 0.25) is 11.7 Å². The molecule has 3 rings (SSSR count). The summed E-state index contributed by atoms with van der Waals surface area (Å²) in [5.41, 5.74) is 0.0613. The van der Waals surface area contributed by atoms with Gasteiger partial charge in [0.25, 0.3) is 0 Å². The van der Waals surface area contributed by atoms with Crippen LogP contribution < -0.4 is 0 Å². The number of pyridine rings is 1. The van der Waals surface area contributed by atoms with Gasteiger partial charge in [-0.2, -0.15) is 18.2 Å². The fourth-order valence-electron chi connectivity index (χ4n) is 1.79. The maximum atomic E-state index is 12.5. The van der Waals surface area contributed by atoms with Crippen molar-refractivity contribution in [3.63, 3.8) is 0 Å². The average Bonchev–Trinajstić information content (AvgIpc) is 3.02. The highest BCUT2D eigenvalue weighted by Gasteiger charge is 2.30. The lowest BCUT2D eigenvalue weighted by atomic mass is 10.2. The predicted molar refractivity (Wildman–Crippen MR) is 78.5 cm³/mol. The number of aromatic nitrogens is 3. The quantitative estimate of drug-likeness (QED) is 0.659. The van der Waals surface area contributed by atoms with Crippen molar-refractivity contribution in [1.29, 1.82) is 0 Å². The smallest absolute Gasteiger partial charge is 0.338 e. The first-order chi connectivity index (χ1) is 11.0. The summed E-state index contributed by atoms with van der Waals surface area (Å²) >= 11 is 1.23. The highest BCUT2D eigenvalue weighted by molar-refractivity contribution is 7.98. The summed E-state index contributed by atoms with van der Waals surface area (Å²) in [6, 6.07) is 11.7. The molecule has 118 valence electrons. The molecule has 2 aromatic heterocycles. The molecule has 2 heterocycles. The van der Waals surface area contributed by atoms with Crippen molar-refractivity contribution < 1.29 is 17.7 Å². The maximum absolute atomic E-state index is 12.5. The van der Waals surface area contributed by atoms with E-state index in [-0.39, 0.29) is 0 Å². The summed E-state index contributed by atoms with van der Waals surface area (Å²) in [6.45, 7) is 0. The predicted octanol–water partition coefficient (Wildman–Crippen LogP) is 4.44. The molecule has 1 aromatic carbocycles. The molecule has 0 fully saturated rings. The zero-order valence-corrected chi connectivity index (χ0v) is 12.4. The van der Waals surface area contributed by atoms with E-state index < -0.39 is 11.7 Å². The van der Waals surface area contributed by atoms with E-state index in [4.69, 9.17) is 4.52 Å². The van der Waals surface area contributed by atoms with Crippen molar-refractivity contribution in [2.75, 3.05) is 0 Å². The van der Waals surface area contributed by atoms with E-state index in [1.54, 1.807) is 0 Å². The summed E-state index contributed by atoms with van der Waals surface area (Å²) in [5, 5.41) is 4.33. The van der Waals surface area contributed by atoms with Gasteiger partial charge in [-0.3, -0.25) is 0 Å². The third-order valence-electron chi connectivity index (χ3n) is 2.91. The highest BCUT2D eigenvalue weighted by Crippen LogP contribution is 2.30. The Labute approximate surface area is 133 Å². The van der Waals surface area contributed by atoms with E-state index in [9.17, 15) is 13.2 Å². The van der Waals surface area contributed by atoms with Crippen LogP contribution in [0.25, 0.3) is 11.4 Å². The summed E-state index contributed by atoms with van der Waals surface area (Å²) in [7, 11) is 0. The van der Waals surface area contributed by atoms with Crippen molar-refractivity contribution in [3.8, 4) is 11.4 Å². The van der Waals surface area contributed by atoms with Gasteiger partial charge in [-0.05, 0) is 12.1 Å². The van der Waals surface area contributed by atoms with Crippen molar-refractivity contribution in [2.45, 2.75) is 17.0 Å². The average molecular weight is 337 g/mol. The number of rotatable bonds is 4. The van der Waals surface area contributed by atoms with Crippen LogP contribution in [0.3, 0.4) is 0 Å². The van der Waals surface area contributed by atoms with E-state index in [0.717, 1.165) is 17.8 Å². The van der Waals surface area contributed by atoms with Crippen LogP contribution in [0.5, 0.6) is 0 Å². The first-order valence-electron chi connectivity index (χ1n) is 6.56. The van der Waals surface area contributed by atoms with Crippen molar-refractivity contribution in [1.82, 2.24) is 15.1 Å². The minimum atomic E-state index is -4.38. The van der Waals surface area contributed by atoms with Crippen LogP contribution in [0, 0.1) is 0 Å². The fraction of sp³-hybridized carbons (Fsp3) is 0.133. The molecule has 0 aliphatic carbocycles. The van der Waals surface area contributed by atoms with Crippen molar-refractivity contribution in [2.24, 2.45) is 0 Å². The maximum Gasteiger partial charge on any atom is 0.417 e. The molecule has 0 saturated heterocycles. The molecular formula is C15H10F3N3OS. The molecule has 0 amide bonds. The Morgan fingerprint density at radius 1 is 1.04 bits per heavy atom. The molecule has 0 aliphatic rings. The zero-order valence-electron chi connectivity index (χ0n) is 11.6. The van der Waals surface area contributed by atoms with Crippen molar-refractivity contribution >= 4 is 11.8 Å². The topological polar surface area (TPSA) is 51.8 Å². The lowest BCUT2D eigenvalue weighted by Crippen LogP contribution is -2.05. The van der Waals surface area contributed by atoms with Crippen LogP contribution >= 0.6 is 11.8 Å². The second kappa shape index (κ2) is 6.41. The number of thioether (sulfide) groups is 1. The van der Waals surface area contributed by atoms with Gasteiger partial charge in [-0.1, -0.05) is 47.3 Å². The minimum absolute atomic E-state index is 0.332. The standard InChI is InChI=1S/C15H10F3N3OS/c16-15(17,18)11-6-7-13(19-8-11)23-9-12-20-14(21-22-12)10-4-2-1-3-5-10/h1-8H,9H2. The zero-order chi connectivity index (χ0) is 16.3. The molecule has 0 saturated carbocycles. The van der Waals surface area contributed by atoms with Crippen LogP contribution in [0.1, 0.15) is 11.5 Å². The molecule has 0 bridgehead atoms. The largest absolute Gasteiger partial charge is 0.417 e. The summed E-state index contributed by atoms with van der Waals surface area (Å²) in [5.74, 6) is 1.19. The summed E-state index contributed by atoms with van der Waals surface area (Å²) < 4.78 is 42.5. The molecular weight excluding hydrogens is 327 g/mol. The number of hydrogen-bond acceptors (Lipinski definition) is 5. The van der Waals surface area contributed by atoms with Gasteiger partial charge >= 0.3 is 6.18 Å². The molecule has 0 atom stereocenters. The van der Waals surface area contributed by atoms with E-state index in [1.807, 2.05) is 30.3 Å². The van der Waals surface area contributed by atoms with E-state index >= 15 is 0 Å². The number of benzene rings is 1. The fourth-order valence-corrected chi connectivity index (χ4v) is 2.47. The first kappa shape index (κ1) is 15.5. The molecule has 3 aromatic rings. The Morgan fingerprint density at radius 2 is 1.83 bits per heavy atom. The first-order valence-corrected chi connectivity index (χ1v) is 7.55. The van der Waals surface area contributed by atoms with Crippen LogP contribution in [-0.2, 0) is 11.9 Å². The lowest BCUT2D eigenvalue weighted by Gasteiger charge is -2.05. The summed E-state index contributed by atoms with van der Waals surface area (Å²) in [4.78, 5) is 8.02. The van der Waals surface area contributed by atoms with Gasteiger partial charge in [0.15, 0.2) is 0 Å². The molecule has 0 N–H and O–H groups in total. The van der Waals surface area contributed by atoms with Crippen molar-refractivity contribution in [3.05, 3.63) is 60.1 Å². The number of nitrogens with zero attached hydrogens (tertiary/aromatic N) is 3. The second-order valence-corrected chi connectivity index (χ2v) is 5.54. The molecule has 0 aliphatic heterocycles. The third kappa shape index (κ3) is 3.89. The van der Waals surface area contributed by atoms with Crippen LogP contribution in [0.4, 0.5) is 13.2 Å². The SMILES string of the molecule is FC(F)(F)c1ccc(SCc2nc(-c3ccccc3)no2)nc1. The third-order valence-corrected chi connectivity index (χ3v) is 3.84. The van der Waals surface area contributed by atoms with E-state index in [1.165, 1.54) is 17.8 Å². The van der Waals surface area contributed by atoms with Crippen LogP contribution in [-0.4, -0.2) is 15.1 Å². The Balaban J connectivity index is 1.64. The lowest BCUT2D eigenvalue weighted by molar-refractivity contribution is -0.137. The van der Waals surface area contributed by atoms with Crippen LogP contribution in [0.2, 0.25) is 0 Å².